The molecule has 1 aliphatic heterocycles. The zero-order valence-corrected chi connectivity index (χ0v) is 17.5. The van der Waals surface area contributed by atoms with E-state index in [0.717, 1.165) is 36.7 Å². The van der Waals surface area contributed by atoms with Gasteiger partial charge in [0, 0.05) is 27.2 Å². The summed E-state index contributed by atoms with van der Waals surface area (Å²) in [5.74, 6) is 2.63. The number of hydrogen-bond donors (Lipinski definition) is 1. The summed E-state index contributed by atoms with van der Waals surface area (Å²) in [5, 5.41) is 3.44. The lowest BCUT2D eigenvalue weighted by Crippen LogP contribution is -2.31. The maximum atomic E-state index is 12.6. The molecule has 8 heteroatoms. The number of nitrogens with zero attached hydrogens (tertiary/aromatic N) is 4. The number of carbonyl (C=O) groups excluding carboxylic acids is 1. The third kappa shape index (κ3) is 5.35. The summed E-state index contributed by atoms with van der Waals surface area (Å²) in [6.07, 6.45) is 2.14. The summed E-state index contributed by atoms with van der Waals surface area (Å²) in [6.45, 7) is 1.30. The zero-order valence-electron chi connectivity index (χ0n) is 17.5. The molecular formula is C21H29N5O3. The van der Waals surface area contributed by atoms with Crippen LogP contribution < -0.4 is 19.7 Å². The Bertz CT molecular complexity index is 837. The van der Waals surface area contributed by atoms with Crippen molar-refractivity contribution in [2.75, 3.05) is 46.3 Å². The van der Waals surface area contributed by atoms with Crippen molar-refractivity contribution >= 4 is 11.7 Å². The van der Waals surface area contributed by atoms with Gasteiger partial charge in [0.1, 0.15) is 11.6 Å². The molecule has 2 heterocycles. The summed E-state index contributed by atoms with van der Waals surface area (Å²) in [6, 6.07) is 9.36. The molecule has 0 bridgehead atoms. The lowest BCUT2D eigenvalue weighted by Gasteiger charge is -2.20. The maximum absolute atomic E-state index is 12.6. The first-order valence-electron chi connectivity index (χ1n) is 9.76. The number of nitrogens with one attached hydrogen (secondary N) is 1. The molecule has 0 saturated carbocycles. The van der Waals surface area contributed by atoms with E-state index in [9.17, 15) is 4.79 Å². The Labute approximate surface area is 171 Å². The predicted molar refractivity (Wildman–Crippen MR) is 111 cm³/mol. The van der Waals surface area contributed by atoms with E-state index >= 15 is 0 Å². The standard InChI is InChI=1S/C21H29N5O3/c1-25(2)19-12-15(23-21(24-19)16-8-7-11-22-16)13-26(3)20(27)14-29-18-10-6-5-9-17(18)28-4/h5-6,9-10,12,16,22H,7-8,11,13-14H2,1-4H3/t16-/m0/s1. The Morgan fingerprint density at radius 1 is 1.21 bits per heavy atom. The van der Waals surface area contributed by atoms with Gasteiger partial charge in [-0.05, 0) is 31.5 Å². The largest absolute Gasteiger partial charge is 0.493 e. The molecule has 8 nitrogen and oxygen atoms in total. The van der Waals surface area contributed by atoms with Crippen LogP contribution in [0.25, 0.3) is 0 Å². The smallest absolute Gasteiger partial charge is 0.260 e. The van der Waals surface area contributed by atoms with E-state index < -0.39 is 0 Å². The lowest BCUT2D eigenvalue weighted by atomic mass is 10.2. The highest BCUT2D eigenvalue weighted by atomic mass is 16.5. The van der Waals surface area contributed by atoms with Gasteiger partial charge in [0.05, 0.1) is 25.4 Å². The van der Waals surface area contributed by atoms with Gasteiger partial charge in [0.15, 0.2) is 18.1 Å². The fraction of sp³-hybridized carbons (Fsp3) is 0.476. The Kier molecular flexibility index (Phi) is 6.87. The maximum Gasteiger partial charge on any atom is 0.260 e. The molecular weight excluding hydrogens is 370 g/mol. The first kappa shape index (κ1) is 20.9. The van der Waals surface area contributed by atoms with E-state index in [1.54, 1.807) is 31.2 Å². The number of para-hydroxylation sites is 2. The summed E-state index contributed by atoms with van der Waals surface area (Å²) in [5.41, 5.74) is 0.806. The number of ether oxygens (including phenoxy) is 2. The summed E-state index contributed by atoms with van der Waals surface area (Å²) in [7, 11) is 7.23. The molecule has 1 saturated heterocycles. The molecule has 0 unspecified atom stereocenters. The number of carbonyl (C=O) groups is 1. The normalized spacial score (nSPS) is 15.8. The highest BCUT2D eigenvalue weighted by molar-refractivity contribution is 5.77. The highest BCUT2D eigenvalue weighted by Gasteiger charge is 2.21. The van der Waals surface area contributed by atoms with E-state index in [1.165, 1.54) is 0 Å². The molecule has 0 aliphatic carbocycles. The molecule has 1 fully saturated rings. The second kappa shape index (κ2) is 9.56. The fourth-order valence-corrected chi connectivity index (χ4v) is 3.19. The molecule has 1 aromatic heterocycles. The van der Waals surface area contributed by atoms with Crippen LogP contribution in [-0.4, -0.2) is 62.2 Å². The number of methoxy groups -OCH3 is 1. The average molecular weight is 399 g/mol. The van der Waals surface area contributed by atoms with Crippen molar-refractivity contribution in [3.05, 3.63) is 41.9 Å². The topological polar surface area (TPSA) is 79.8 Å². The molecule has 3 rings (SSSR count). The molecule has 0 spiro atoms. The van der Waals surface area contributed by atoms with E-state index in [1.807, 2.05) is 37.2 Å². The molecule has 0 radical (unpaired) electrons. The molecule has 29 heavy (non-hydrogen) atoms. The number of benzene rings is 1. The minimum atomic E-state index is -0.138. The zero-order chi connectivity index (χ0) is 20.8. The van der Waals surface area contributed by atoms with Crippen molar-refractivity contribution in [3.63, 3.8) is 0 Å². The Hall–Kier alpha value is -2.87. The van der Waals surface area contributed by atoms with Crippen molar-refractivity contribution in [3.8, 4) is 11.5 Å². The summed E-state index contributed by atoms with van der Waals surface area (Å²) < 4.78 is 10.9. The molecule has 1 atom stereocenters. The average Bonchev–Trinajstić information content (AvgIpc) is 3.26. The first-order chi connectivity index (χ1) is 14.0. The third-order valence-corrected chi connectivity index (χ3v) is 4.86. The van der Waals surface area contributed by atoms with Gasteiger partial charge in [0.25, 0.3) is 5.91 Å². The number of likely N-dealkylation sites (N-methyl/N-ethyl adjacent to an activating group) is 1. The van der Waals surface area contributed by atoms with Crippen LogP contribution in [0, 0.1) is 0 Å². The van der Waals surface area contributed by atoms with Crippen LogP contribution in [0.4, 0.5) is 5.82 Å². The van der Waals surface area contributed by atoms with Crippen LogP contribution in [0.3, 0.4) is 0 Å². The summed E-state index contributed by atoms with van der Waals surface area (Å²) in [4.78, 5) is 25.5. The molecule has 156 valence electrons. The van der Waals surface area contributed by atoms with Crippen molar-refractivity contribution < 1.29 is 14.3 Å². The molecule has 1 aliphatic rings. The number of amides is 1. The van der Waals surface area contributed by atoms with Crippen LogP contribution in [0.2, 0.25) is 0 Å². The Morgan fingerprint density at radius 2 is 1.97 bits per heavy atom. The van der Waals surface area contributed by atoms with Gasteiger partial charge in [0.2, 0.25) is 0 Å². The minimum absolute atomic E-state index is 0.0699. The Morgan fingerprint density at radius 3 is 2.62 bits per heavy atom. The Balaban J connectivity index is 1.67. The quantitative estimate of drug-likeness (QED) is 0.727. The van der Waals surface area contributed by atoms with Gasteiger partial charge >= 0.3 is 0 Å². The molecule has 1 N–H and O–H groups in total. The van der Waals surface area contributed by atoms with Crippen molar-refractivity contribution in [2.24, 2.45) is 0 Å². The fourth-order valence-electron chi connectivity index (χ4n) is 3.19. The van der Waals surface area contributed by atoms with Crippen LogP contribution in [-0.2, 0) is 11.3 Å². The lowest BCUT2D eigenvalue weighted by molar-refractivity contribution is -0.132. The molecule has 1 amide bonds. The second-order valence-corrected chi connectivity index (χ2v) is 7.31. The van der Waals surface area contributed by atoms with Gasteiger partial charge in [-0.25, -0.2) is 9.97 Å². The van der Waals surface area contributed by atoms with Crippen molar-refractivity contribution in [1.82, 2.24) is 20.2 Å². The van der Waals surface area contributed by atoms with E-state index in [2.05, 4.69) is 10.3 Å². The molecule has 2 aromatic rings. The SMILES string of the molecule is COc1ccccc1OCC(=O)N(C)Cc1cc(N(C)C)nc([C@@H]2CCCN2)n1. The number of rotatable bonds is 8. The second-order valence-electron chi connectivity index (χ2n) is 7.31. The predicted octanol–water partition coefficient (Wildman–Crippen LogP) is 2.01. The van der Waals surface area contributed by atoms with Crippen LogP contribution in [0.1, 0.15) is 30.4 Å². The number of hydrogen-bond acceptors (Lipinski definition) is 7. The van der Waals surface area contributed by atoms with Gasteiger partial charge < -0.3 is 24.6 Å². The van der Waals surface area contributed by atoms with Crippen molar-refractivity contribution in [2.45, 2.75) is 25.4 Å². The number of anilines is 1. The third-order valence-electron chi connectivity index (χ3n) is 4.86. The van der Waals surface area contributed by atoms with Crippen molar-refractivity contribution in [1.29, 1.82) is 0 Å². The molecule has 1 aromatic carbocycles. The van der Waals surface area contributed by atoms with Crippen LogP contribution >= 0.6 is 0 Å². The monoisotopic (exact) mass is 399 g/mol. The highest BCUT2D eigenvalue weighted by Crippen LogP contribution is 2.26. The van der Waals surface area contributed by atoms with Gasteiger partial charge in [-0.3, -0.25) is 4.79 Å². The van der Waals surface area contributed by atoms with Gasteiger partial charge in [-0.15, -0.1) is 0 Å². The minimum Gasteiger partial charge on any atom is -0.493 e. The van der Waals surface area contributed by atoms with E-state index in [0.29, 0.717) is 18.0 Å². The van der Waals surface area contributed by atoms with E-state index in [-0.39, 0.29) is 18.6 Å². The van der Waals surface area contributed by atoms with E-state index in [4.69, 9.17) is 14.5 Å². The summed E-state index contributed by atoms with van der Waals surface area (Å²) >= 11 is 0. The van der Waals surface area contributed by atoms with Gasteiger partial charge in [-0.2, -0.15) is 0 Å². The number of aromatic nitrogens is 2. The first-order valence-corrected chi connectivity index (χ1v) is 9.76. The van der Waals surface area contributed by atoms with Crippen LogP contribution in [0.15, 0.2) is 30.3 Å². The van der Waals surface area contributed by atoms with Crippen LogP contribution in [0.5, 0.6) is 11.5 Å². The van der Waals surface area contributed by atoms with Gasteiger partial charge in [-0.1, -0.05) is 12.1 Å².